The van der Waals surface area contributed by atoms with E-state index in [2.05, 4.69) is 15.3 Å². The molecule has 1 N–H and O–H groups in total. The van der Waals surface area contributed by atoms with Gasteiger partial charge in [-0.15, -0.1) is 11.8 Å². The van der Waals surface area contributed by atoms with Crippen molar-refractivity contribution < 1.29 is 4.74 Å². The second-order valence-corrected chi connectivity index (χ2v) is 6.24. The van der Waals surface area contributed by atoms with Crippen LogP contribution in [0.1, 0.15) is 0 Å². The molecule has 0 unspecified atom stereocenters. The van der Waals surface area contributed by atoms with E-state index in [0.717, 1.165) is 27.7 Å². The third kappa shape index (κ3) is 3.99. The molecule has 0 radical (unpaired) electrons. The second kappa shape index (κ2) is 7.55. The number of aromatic nitrogens is 2. The SMILES string of the molecule is COc1ccc(-c2cc(SC)nc(Nc3ccc(Cl)cc3)n2)cc1. The van der Waals surface area contributed by atoms with Crippen LogP contribution in [-0.4, -0.2) is 23.3 Å². The molecule has 3 rings (SSSR count). The van der Waals surface area contributed by atoms with Crippen LogP contribution in [0.4, 0.5) is 11.6 Å². The third-order valence-corrected chi connectivity index (χ3v) is 4.28. The summed E-state index contributed by atoms with van der Waals surface area (Å²) in [6.45, 7) is 0. The zero-order valence-electron chi connectivity index (χ0n) is 13.3. The topological polar surface area (TPSA) is 47.0 Å². The van der Waals surface area contributed by atoms with Crippen molar-refractivity contribution in [2.45, 2.75) is 5.03 Å². The summed E-state index contributed by atoms with van der Waals surface area (Å²) in [5.41, 5.74) is 2.75. The molecule has 4 nitrogen and oxygen atoms in total. The fraction of sp³-hybridized carbons (Fsp3) is 0.111. The summed E-state index contributed by atoms with van der Waals surface area (Å²) in [6, 6.07) is 17.2. The van der Waals surface area contributed by atoms with Gasteiger partial charge in [0.1, 0.15) is 10.8 Å². The Morgan fingerprint density at radius 2 is 1.71 bits per heavy atom. The van der Waals surface area contributed by atoms with Gasteiger partial charge in [-0.25, -0.2) is 9.97 Å². The molecule has 0 amide bonds. The Hall–Kier alpha value is -2.24. The number of hydrogen-bond acceptors (Lipinski definition) is 5. The molecule has 0 saturated carbocycles. The molecule has 0 aliphatic rings. The van der Waals surface area contributed by atoms with Crippen LogP contribution in [0.2, 0.25) is 5.02 Å². The fourth-order valence-corrected chi connectivity index (χ4v) is 2.69. The van der Waals surface area contributed by atoms with E-state index in [-0.39, 0.29) is 0 Å². The Morgan fingerprint density at radius 1 is 1.00 bits per heavy atom. The van der Waals surface area contributed by atoms with Gasteiger partial charge in [-0.05, 0) is 60.9 Å². The smallest absolute Gasteiger partial charge is 0.228 e. The summed E-state index contributed by atoms with van der Waals surface area (Å²) in [4.78, 5) is 9.13. The van der Waals surface area contributed by atoms with Crippen LogP contribution in [0.25, 0.3) is 11.3 Å². The van der Waals surface area contributed by atoms with Gasteiger partial charge in [0.25, 0.3) is 0 Å². The minimum absolute atomic E-state index is 0.551. The summed E-state index contributed by atoms with van der Waals surface area (Å²) >= 11 is 7.50. The van der Waals surface area contributed by atoms with E-state index in [1.54, 1.807) is 18.9 Å². The molecular formula is C18H16ClN3OS. The van der Waals surface area contributed by atoms with Crippen molar-refractivity contribution in [1.82, 2.24) is 9.97 Å². The van der Waals surface area contributed by atoms with E-state index < -0.39 is 0 Å². The summed E-state index contributed by atoms with van der Waals surface area (Å²) in [7, 11) is 1.65. The molecule has 0 aliphatic heterocycles. The van der Waals surface area contributed by atoms with Crippen molar-refractivity contribution in [2.24, 2.45) is 0 Å². The molecule has 0 aliphatic carbocycles. The Bertz CT molecular complexity index is 823. The van der Waals surface area contributed by atoms with E-state index in [0.29, 0.717) is 11.0 Å². The van der Waals surface area contributed by atoms with Gasteiger partial charge in [-0.3, -0.25) is 0 Å². The van der Waals surface area contributed by atoms with E-state index in [4.69, 9.17) is 16.3 Å². The maximum atomic E-state index is 5.92. The molecule has 0 bridgehead atoms. The van der Waals surface area contributed by atoms with Gasteiger partial charge >= 0.3 is 0 Å². The van der Waals surface area contributed by atoms with Crippen LogP contribution < -0.4 is 10.1 Å². The van der Waals surface area contributed by atoms with Crippen molar-refractivity contribution in [1.29, 1.82) is 0 Å². The molecule has 1 heterocycles. The maximum Gasteiger partial charge on any atom is 0.228 e. The van der Waals surface area contributed by atoms with Crippen molar-refractivity contribution in [3.63, 3.8) is 0 Å². The minimum Gasteiger partial charge on any atom is -0.497 e. The van der Waals surface area contributed by atoms with Crippen LogP contribution in [0.15, 0.2) is 59.6 Å². The Labute approximate surface area is 150 Å². The molecule has 6 heteroatoms. The quantitative estimate of drug-likeness (QED) is 0.497. The molecule has 1 aromatic heterocycles. The monoisotopic (exact) mass is 357 g/mol. The lowest BCUT2D eigenvalue weighted by Crippen LogP contribution is -1.99. The van der Waals surface area contributed by atoms with Gasteiger partial charge in [0, 0.05) is 16.3 Å². The average molecular weight is 358 g/mol. The largest absolute Gasteiger partial charge is 0.497 e. The maximum absolute atomic E-state index is 5.92. The van der Waals surface area contributed by atoms with Crippen molar-refractivity contribution >= 4 is 35.0 Å². The number of hydrogen-bond donors (Lipinski definition) is 1. The molecule has 3 aromatic rings. The summed E-state index contributed by atoms with van der Waals surface area (Å²) < 4.78 is 5.20. The van der Waals surface area contributed by atoms with Crippen molar-refractivity contribution in [3.8, 4) is 17.0 Å². The van der Waals surface area contributed by atoms with Crippen molar-refractivity contribution in [2.75, 3.05) is 18.7 Å². The normalized spacial score (nSPS) is 10.5. The first-order valence-corrected chi connectivity index (χ1v) is 8.88. The van der Waals surface area contributed by atoms with Crippen LogP contribution in [0, 0.1) is 0 Å². The number of nitrogens with one attached hydrogen (secondary N) is 1. The number of anilines is 2. The van der Waals surface area contributed by atoms with E-state index >= 15 is 0 Å². The highest BCUT2D eigenvalue weighted by Crippen LogP contribution is 2.26. The number of nitrogens with zero attached hydrogens (tertiary/aromatic N) is 2. The number of benzene rings is 2. The van der Waals surface area contributed by atoms with Gasteiger partial charge in [-0.1, -0.05) is 11.6 Å². The minimum atomic E-state index is 0.551. The number of rotatable bonds is 5. The summed E-state index contributed by atoms with van der Waals surface area (Å²) in [5, 5.41) is 4.81. The Morgan fingerprint density at radius 3 is 2.33 bits per heavy atom. The fourth-order valence-electron chi connectivity index (χ4n) is 2.16. The predicted molar refractivity (Wildman–Crippen MR) is 101 cm³/mol. The molecule has 0 saturated heterocycles. The lowest BCUT2D eigenvalue weighted by atomic mass is 10.1. The molecule has 24 heavy (non-hydrogen) atoms. The summed E-state index contributed by atoms with van der Waals surface area (Å²) in [6.07, 6.45) is 1.99. The highest BCUT2D eigenvalue weighted by atomic mass is 35.5. The van der Waals surface area contributed by atoms with Crippen LogP contribution >= 0.6 is 23.4 Å². The van der Waals surface area contributed by atoms with E-state index in [1.807, 2.05) is 60.9 Å². The Balaban J connectivity index is 1.93. The van der Waals surface area contributed by atoms with Gasteiger partial charge in [-0.2, -0.15) is 0 Å². The van der Waals surface area contributed by atoms with Crippen LogP contribution in [-0.2, 0) is 0 Å². The molecular weight excluding hydrogens is 342 g/mol. The van der Waals surface area contributed by atoms with E-state index in [1.165, 1.54) is 0 Å². The second-order valence-electron chi connectivity index (χ2n) is 4.98. The highest BCUT2D eigenvalue weighted by Gasteiger charge is 2.07. The zero-order chi connectivity index (χ0) is 16.9. The lowest BCUT2D eigenvalue weighted by Gasteiger charge is -2.09. The van der Waals surface area contributed by atoms with Gasteiger partial charge in [0.2, 0.25) is 5.95 Å². The molecule has 0 spiro atoms. The molecule has 0 atom stereocenters. The number of ether oxygens (including phenoxy) is 1. The highest BCUT2D eigenvalue weighted by molar-refractivity contribution is 7.98. The van der Waals surface area contributed by atoms with Gasteiger partial charge in [0.15, 0.2) is 0 Å². The van der Waals surface area contributed by atoms with Crippen molar-refractivity contribution in [3.05, 3.63) is 59.6 Å². The first-order valence-electron chi connectivity index (χ1n) is 7.28. The predicted octanol–water partition coefficient (Wildman–Crippen LogP) is 5.27. The van der Waals surface area contributed by atoms with Gasteiger partial charge in [0.05, 0.1) is 12.8 Å². The first-order chi connectivity index (χ1) is 11.7. The molecule has 122 valence electrons. The van der Waals surface area contributed by atoms with Crippen LogP contribution in [0.3, 0.4) is 0 Å². The van der Waals surface area contributed by atoms with Gasteiger partial charge < -0.3 is 10.1 Å². The molecule has 2 aromatic carbocycles. The third-order valence-electron chi connectivity index (χ3n) is 3.40. The first kappa shape index (κ1) is 16.6. The lowest BCUT2D eigenvalue weighted by molar-refractivity contribution is 0.415. The Kier molecular flexibility index (Phi) is 5.23. The summed E-state index contributed by atoms with van der Waals surface area (Å²) in [5.74, 6) is 1.37. The number of methoxy groups -OCH3 is 1. The zero-order valence-corrected chi connectivity index (χ0v) is 14.9. The van der Waals surface area contributed by atoms with Crippen LogP contribution in [0.5, 0.6) is 5.75 Å². The standard InChI is InChI=1S/C18H16ClN3OS/c1-23-15-9-3-12(4-10-15)16-11-17(24-2)22-18(21-16)20-14-7-5-13(19)6-8-14/h3-11H,1-2H3,(H,20,21,22). The number of halogens is 1. The molecule has 0 fully saturated rings. The number of thioether (sulfide) groups is 1. The average Bonchev–Trinajstić information content (AvgIpc) is 2.63. The van der Waals surface area contributed by atoms with E-state index in [9.17, 15) is 0 Å².